The third-order valence-electron chi connectivity index (χ3n) is 1.89. The van der Waals surface area contributed by atoms with Crippen LogP contribution in [0.3, 0.4) is 0 Å². The maximum atomic E-state index is 12.6. The minimum atomic E-state index is -3.17. The van der Waals surface area contributed by atoms with E-state index in [0.717, 1.165) is 0 Å². The van der Waals surface area contributed by atoms with Crippen LogP contribution in [0.25, 0.3) is 0 Å². The lowest BCUT2D eigenvalue weighted by Gasteiger charge is -2.06. The summed E-state index contributed by atoms with van der Waals surface area (Å²) in [5.74, 6) is -0.969. The van der Waals surface area contributed by atoms with E-state index in [1.165, 1.54) is 6.92 Å². The molecule has 6 nitrogen and oxygen atoms in total. The Bertz CT molecular complexity index is 496. The number of rotatable bonds is 4. The summed E-state index contributed by atoms with van der Waals surface area (Å²) in [6.07, 6.45) is -3.17. The summed E-state index contributed by atoms with van der Waals surface area (Å²) >= 11 is 5.41. The number of carbonyl (C=O) groups excluding carboxylic acids is 1. The molecule has 98 valence electrons. The molecular formula is C9H7ClF2N2O4. The van der Waals surface area contributed by atoms with Gasteiger partial charge in [-0.15, -0.1) is 0 Å². The van der Waals surface area contributed by atoms with Crippen molar-refractivity contribution in [1.29, 1.82) is 0 Å². The van der Waals surface area contributed by atoms with E-state index in [2.05, 4.69) is 9.72 Å². The van der Waals surface area contributed by atoms with Gasteiger partial charge in [0.1, 0.15) is 10.7 Å². The van der Waals surface area contributed by atoms with Gasteiger partial charge in [0.2, 0.25) is 0 Å². The van der Waals surface area contributed by atoms with E-state index in [1.54, 1.807) is 0 Å². The zero-order chi connectivity index (χ0) is 13.9. The Morgan fingerprint density at radius 3 is 2.72 bits per heavy atom. The Morgan fingerprint density at radius 2 is 2.28 bits per heavy atom. The van der Waals surface area contributed by atoms with Gasteiger partial charge in [-0.25, -0.2) is 18.6 Å². The van der Waals surface area contributed by atoms with Gasteiger partial charge in [-0.05, 0) is 6.92 Å². The molecule has 0 atom stereocenters. The lowest BCUT2D eigenvalue weighted by molar-refractivity contribution is -0.386. The molecule has 1 aromatic heterocycles. The highest BCUT2D eigenvalue weighted by Gasteiger charge is 2.29. The van der Waals surface area contributed by atoms with Crippen molar-refractivity contribution in [3.05, 3.63) is 32.6 Å². The number of ether oxygens (including phenoxy) is 1. The second-order valence-electron chi connectivity index (χ2n) is 3.01. The van der Waals surface area contributed by atoms with Gasteiger partial charge in [-0.1, -0.05) is 11.6 Å². The van der Waals surface area contributed by atoms with Crippen LogP contribution in [0.5, 0.6) is 0 Å². The van der Waals surface area contributed by atoms with Gasteiger partial charge in [-0.2, -0.15) is 0 Å². The smallest absolute Gasteiger partial charge is 0.357 e. The standard InChI is InChI=1S/C9H7ClF2N2O4/c1-2-18-9(15)4-3-5(14(16)17)6(8(11)12)7(10)13-4/h3,8H,2H2,1H3. The van der Waals surface area contributed by atoms with E-state index >= 15 is 0 Å². The molecule has 0 aromatic carbocycles. The fourth-order valence-electron chi connectivity index (χ4n) is 1.17. The number of hydrogen-bond acceptors (Lipinski definition) is 5. The Labute approximate surface area is 105 Å². The van der Waals surface area contributed by atoms with Crippen LogP contribution < -0.4 is 0 Å². The fraction of sp³-hybridized carbons (Fsp3) is 0.333. The number of nitro groups is 1. The van der Waals surface area contributed by atoms with Gasteiger partial charge in [0.15, 0.2) is 5.69 Å². The van der Waals surface area contributed by atoms with Gasteiger partial charge < -0.3 is 4.74 Å². The molecule has 0 unspecified atom stereocenters. The van der Waals surface area contributed by atoms with Crippen LogP contribution in [0.4, 0.5) is 14.5 Å². The second-order valence-corrected chi connectivity index (χ2v) is 3.37. The average molecular weight is 281 g/mol. The summed E-state index contributed by atoms with van der Waals surface area (Å²) in [6, 6.07) is 0.616. The van der Waals surface area contributed by atoms with Crippen LogP contribution in [0.2, 0.25) is 5.15 Å². The SMILES string of the molecule is CCOC(=O)c1cc([N+](=O)[O-])c(C(F)F)c(Cl)n1. The molecule has 0 N–H and O–H groups in total. The molecule has 0 spiro atoms. The third-order valence-corrected chi connectivity index (χ3v) is 2.18. The molecule has 18 heavy (non-hydrogen) atoms. The fourth-order valence-corrected chi connectivity index (χ4v) is 1.44. The number of alkyl halides is 2. The summed E-state index contributed by atoms with van der Waals surface area (Å²) in [5, 5.41) is 9.86. The minimum Gasteiger partial charge on any atom is -0.461 e. The summed E-state index contributed by atoms with van der Waals surface area (Å²) in [5.41, 5.74) is -2.47. The van der Waals surface area contributed by atoms with Gasteiger partial charge in [-0.3, -0.25) is 10.1 Å². The third kappa shape index (κ3) is 2.89. The quantitative estimate of drug-likeness (QED) is 0.366. The highest BCUT2D eigenvalue weighted by molar-refractivity contribution is 6.30. The molecule has 0 bridgehead atoms. The average Bonchev–Trinajstić information content (AvgIpc) is 2.27. The van der Waals surface area contributed by atoms with Crippen molar-refractivity contribution >= 4 is 23.3 Å². The maximum Gasteiger partial charge on any atom is 0.357 e. The van der Waals surface area contributed by atoms with Crippen LogP contribution in [0, 0.1) is 10.1 Å². The van der Waals surface area contributed by atoms with E-state index in [1.807, 2.05) is 0 Å². The first-order valence-electron chi connectivity index (χ1n) is 4.68. The lowest BCUT2D eigenvalue weighted by atomic mass is 10.2. The molecule has 0 saturated carbocycles. The molecular weight excluding hydrogens is 274 g/mol. The van der Waals surface area contributed by atoms with Crippen LogP contribution in [0.1, 0.15) is 29.4 Å². The monoisotopic (exact) mass is 280 g/mol. The summed E-state index contributed by atoms with van der Waals surface area (Å²) in [6.45, 7) is 1.53. The van der Waals surface area contributed by atoms with Crippen LogP contribution in [-0.4, -0.2) is 22.5 Å². The molecule has 0 aliphatic rings. The Balaban J connectivity index is 3.36. The van der Waals surface area contributed by atoms with E-state index in [0.29, 0.717) is 6.07 Å². The predicted molar refractivity (Wildman–Crippen MR) is 56.8 cm³/mol. The van der Waals surface area contributed by atoms with E-state index in [4.69, 9.17) is 11.6 Å². The van der Waals surface area contributed by atoms with Gasteiger partial charge in [0.05, 0.1) is 11.5 Å². The summed E-state index contributed by atoms with van der Waals surface area (Å²) in [4.78, 5) is 24.2. The molecule has 0 amide bonds. The normalized spacial score (nSPS) is 10.5. The molecule has 0 saturated heterocycles. The van der Waals surface area contributed by atoms with Crippen molar-refractivity contribution in [2.75, 3.05) is 6.61 Å². The van der Waals surface area contributed by atoms with E-state index in [-0.39, 0.29) is 6.61 Å². The zero-order valence-corrected chi connectivity index (χ0v) is 9.78. The summed E-state index contributed by atoms with van der Waals surface area (Å²) < 4.78 is 29.7. The number of esters is 1. The van der Waals surface area contributed by atoms with Gasteiger partial charge in [0, 0.05) is 6.07 Å². The molecule has 0 radical (unpaired) electrons. The van der Waals surface area contributed by atoms with Crippen molar-refractivity contribution in [2.24, 2.45) is 0 Å². The topological polar surface area (TPSA) is 82.3 Å². The van der Waals surface area contributed by atoms with Crippen LogP contribution >= 0.6 is 11.6 Å². The number of pyridine rings is 1. The minimum absolute atomic E-state index is 0.0164. The van der Waals surface area contributed by atoms with Crippen molar-refractivity contribution in [3.8, 4) is 0 Å². The number of nitrogens with zero attached hydrogens (tertiary/aromatic N) is 2. The first-order valence-corrected chi connectivity index (χ1v) is 5.06. The predicted octanol–water partition coefficient (Wildman–Crippen LogP) is 2.76. The molecule has 0 aliphatic carbocycles. The van der Waals surface area contributed by atoms with E-state index < -0.39 is 39.4 Å². The molecule has 1 heterocycles. The summed E-state index contributed by atoms with van der Waals surface area (Å²) in [7, 11) is 0. The van der Waals surface area contributed by atoms with Gasteiger partial charge in [0.25, 0.3) is 12.1 Å². The Hall–Kier alpha value is -1.83. The Kier molecular flexibility index (Phi) is 4.49. The van der Waals surface area contributed by atoms with E-state index in [9.17, 15) is 23.7 Å². The number of carbonyl (C=O) groups is 1. The van der Waals surface area contributed by atoms with Crippen LogP contribution in [0.15, 0.2) is 6.07 Å². The highest BCUT2D eigenvalue weighted by atomic mass is 35.5. The first-order chi connectivity index (χ1) is 8.38. The van der Waals surface area contributed by atoms with Gasteiger partial charge >= 0.3 is 5.97 Å². The van der Waals surface area contributed by atoms with Crippen molar-refractivity contribution < 1.29 is 23.2 Å². The highest BCUT2D eigenvalue weighted by Crippen LogP contribution is 2.34. The molecule has 0 fully saturated rings. The first kappa shape index (κ1) is 14.2. The Morgan fingerprint density at radius 1 is 1.67 bits per heavy atom. The second kappa shape index (κ2) is 5.67. The van der Waals surface area contributed by atoms with Crippen molar-refractivity contribution in [1.82, 2.24) is 4.98 Å². The van der Waals surface area contributed by atoms with Crippen molar-refractivity contribution in [2.45, 2.75) is 13.3 Å². The molecule has 9 heteroatoms. The molecule has 1 aromatic rings. The number of hydrogen-bond donors (Lipinski definition) is 0. The van der Waals surface area contributed by atoms with Crippen LogP contribution in [-0.2, 0) is 4.74 Å². The zero-order valence-electron chi connectivity index (χ0n) is 9.02. The molecule has 0 aliphatic heterocycles. The van der Waals surface area contributed by atoms with Crippen molar-refractivity contribution in [3.63, 3.8) is 0 Å². The maximum absolute atomic E-state index is 12.6. The molecule has 1 rings (SSSR count). The number of aromatic nitrogens is 1. The number of halogens is 3. The lowest BCUT2D eigenvalue weighted by Crippen LogP contribution is -2.10. The largest absolute Gasteiger partial charge is 0.461 e.